The third kappa shape index (κ3) is 1.34. The van der Waals surface area contributed by atoms with Crippen molar-refractivity contribution in [2.24, 2.45) is 0 Å². The van der Waals surface area contributed by atoms with Gasteiger partial charge in [-0.15, -0.1) is 0 Å². The molecule has 3 heteroatoms. The Morgan fingerprint density at radius 1 is 1.43 bits per heavy atom. The lowest BCUT2D eigenvalue weighted by molar-refractivity contribution is 0.476. The van der Waals surface area contributed by atoms with Gasteiger partial charge in [0.15, 0.2) is 0 Å². The van der Waals surface area contributed by atoms with E-state index in [1.165, 1.54) is 11.3 Å². The molecule has 14 heavy (non-hydrogen) atoms. The first-order valence-electron chi connectivity index (χ1n) is 4.69. The summed E-state index contributed by atoms with van der Waals surface area (Å²) in [7, 11) is 0. The van der Waals surface area contributed by atoms with E-state index in [4.69, 9.17) is 11.6 Å². The van der Waals surface area contributed by atoms with Crippen molar-refractivity contribution in [1.82, 2.24) is 0 Å². The summed E-state index contributed by atoms with van der Waals surface area (Å²) < 4.78 is 2.28. The molecule has 1 aliphatic rings. The zero-order valence-corrected chi connectivity index (χ0v) is 11.4. The summed E-state index contributed by atoms with van der Waals surface area (Å²) in [6, 6.07) is 6.68. The predicted molar refractivity (Wildman–Crippen MR) is 70.4 cm³/mol. The van der Waals surface area contributed by atoms with Gasteiger partial charge in [0.2, 0.25) is 0 Å². The van der Waals surface area contributed by atoms with Gasteiger partial charge in [-0.25, -0.2) is 0 Å². The summed E-state index contributed by atoms with van der Waals surface area (Å²) in [4.78, 5) is 0. The minimum Gasteiger partial charge on any atom is -0.311 e. The van der Waals surface area contributed by atoms with E-state index in [0.29, 0.717) is 6.04 Å². The monoisotopic (exact) mass is 321 g/mol. The number of hydrogen-bond donors (Lipinski definition) is 0. The molecule has 1 nitrogen and oxygen atoms in total. The number of fused-ring (bicyclic) bond motifs is 1. The van der Waals surface area contributed by atoms with E-state index in [9.17, 15) is 0 Å². The summed E-state index contributed by atoms with van der Waals surface area (Å²) in [5.41, 5.74) is 2.86. The standard InChI is InChI=1S/C11H13ClIN/c1-7-11(2,3)9-5-4-8(12)6-10(9)14(7)13/h4-7H,1-3H3. The highest BCUT2D eigenvalue weighted by atomic mass is 127. The summed E-state index contributed by atoms with van der Waals surface area (Å²) in [5.74, 6) is 0. The van der Waals surface area contributed by atoms with Gasteiger partial charge in [-0.1, -0.05) is 31.5 Å². The number of hydrogen-bond acceptors (Lipinski definition) is 1. The largest absolute Gasteiger partial charge is 0.311 e. The van der Waals surface area contributed by atoms with E-state index in [-0.39, 0.29) is 5.41 Å². The van der Waals surface area contributed by atoms with Gasteiger partial charge in [-0.3, -0.25) is 0 Å². The van der Waals surface area contributed by atoms with Crippen LogP contribution >= 0.6 is 34.5 Å². The minimum absolute atomic E-state index is 0.209. The molecule has 2 rings (SSSR count). The normalized spacial score (nSPS) is 23.8. The fourth-order valence-corrected chi connectivity index (χ4v) is 3.21. The Kier molecular flexibility index (Phi) is 2.47. The number of benzene rings is 1. The van der Waals surface area contributed by atoms with Crippen molar-refractivity contribution in [2.75, 3.05) is 3.11 Å². The van der Waals surface area contributed by atoms with Crippen LogP contribution in [-0.4, -0.2) is 6.04 Å². The molecule has 0 N–H and O–H groups in total. The number of halogens is 2. The van der Waals surface area contributed by atoms with E-state index >= 15 is 0 Å². The zero-order valence-electron chi connectivity index (χ0n) is 8.51. The van der Waals surface area contributed by atoms with Crippen LogP contribution in [0, 0.1) is 0 Å². The van der Waals surface area contributed by atoms with Crippen LogP contribution in [0.5, 0.6) is 0 Å². The highest BCUT2D eigenvalue weighted by molar-refractivity contribution is 14.1. The maximum atomic E-state index is 6.00. The number of nitrogens with zero attached hydrogens (tertiary/aromatic N) is 1. The Bertz CT molecular complexity index is 376. The summed E-state index contributed by atoms with van der Waals surface area (Å²) in [6.45, 7) is 6.81. The van der Waals surface area contributed by atoms with Crippen LogP contribution in [0.2, 0.25) is 5.02 Å². The highest BCUT2D eigenvalue weighted by Crippen LogP contribution is 2.47. The van der Waals surface area contributed by atoms with Crippen molar-refractivity contribution in [3.8, 4) is 0 Å². The van der Waals surface area contributed by atoms with Gasteiger partial charge < -0.3 is 3.11 Å². The molecular weight excluding hydrogens is 308 g/mol. The van der Waals surface area contributed by atoms with Crippen molar-refractivity contribution in [2.45, 2.75) is 32.2 Å². The van der Waals surface area contributed by atoms with Crippen LogP contribution in [0.4, 0.5) is 5.69 Å². The van der Waals surface area contributed by atoms with Crippen molar-refractivity contribution in [3.63, 3.8) is 0 Å². The fourth-order valence-electron chi connectivity index (χ4n) is 1.94. The van der Waals surface area contributed by atoms with Gasteiger partial charge in [0.25, 0.3) is 0 Å². The zero-order chi connectivity index (χ0) is 10.5. The van der Waals surface area contributed by atoms with Crippen molar-refractivity contribution < 1.29 is 0 Å². The average Bonchev–Trinajstić information content (AvgIpc) is 2.28. The number of rotatable bonds is 0. The van der Waals surface area contributed by atoms with E-state index in [1.807, 2.05) is 6.07 Å². The van der Waals surface area contributed by atoms with Crippen LogP contribution in [0.15, 0.2) is 18.2 Å². The molecule has 1 aliphatic heterocycles. The van der Waals surface area contributed by atoms with E-state index in [1.54, 1.807) is 0 Å². The molecular formula is C11H13ClIN. The molecule has 0 saturated carbocycles. The lowest BCUT2D eigenvalue weighted by atomic mass is 9.81. The van der Waals surface area contributed by atoms with Gasteiger partial charge in [0.1, 0.15) is 0 Å². The fraction of sp³-hybridized carbons (Fsp3) is 0.455. The van der Waals surface area contributed by atoms with Crippen LogP contribution in [0.3, 0.4) is 0 Å². The van der Waals surface area contributed by atoms with Crippen LogP contribution in [0.25, 0.3) is 0 Å². The first-order chi connectivity index (χ1) is 6.44. The van der Waals surface area contributed by atoms with Gasteiger partial charge in [-0.05, 0) is 24.6 Å². The Morgan fingerprint density at radius 3 is 2.71 bits per heavy atom. The first kappa shape index (κ1) is 10.6. The minimum atomic E-state index is 0.209. The maximum absolute atomic E-state index is 6.00. The molecule has 1 unspecified atom stereocenters. The van der Waals surface area contributed by atoms with E-state index in [2.05, 4.69) is 58.9 Å². The Morgan fingerprint density at radius 2 is 2.07 bits per heavy atom. The van der Waals surface area contributed by atoms with Crippen molar-refractivity contribution in [3.05, 3.63) is 28.8 Å². The predicted octanol–water partition coefficient (Wildman–Crippen LogP) is 4.18. The average molecular weight is 322 g/mol. The van der Waals surface area contributed by atoms with Crippen LogP contribution in [-0.2, 0) is 5.41 Å². The molecule has 0 amide bonds. The molecule has 0 spiro atoms. The molecule has 1 atom stereocenters. The van der Waals surface area contributed by atoms with Crippen molar-refractivity contribution in [1.29, 1.82) is 0 Å². The molecule has 1 heterocycles. The maximum Gasteiger partial charge on any atom is 0.0594 e. The van der Waals surface area contributed by atoms with Crippen molar-refractivity contribution >= 4 is 40.2 Å². The molecule has 0 radical (unpaired) electrons. The van der Waals surface area contributed by atoms with Crippen LogP contribution < -0.4 is 3.11 Å². The van der Waals surface area contributed by atoms with Gasteiger partial charge in [0, 0.05) is 16.5 Å². The molecule has 0 aliphatic carbocycles. The highest BCUT2D eigenvalue weighted by Gasteiger charge is 2.40. The van der Waals surface area contributed by atoms with Gasteiger partial charge in [0.05, 0.1) is 28.6 Å². The second kappa shape index (κ2) is 3.27. The quantitative estimate of drug-likeness (QED) is 0.512. The molecule has 0 fully saturated rings. The molecule has 1 aromatic carbocycles. The molecule has 0 aromatic heterocycles. The summed E-state index contributed by atoms with van der Waals surface area (Å²) >= 11 is 8.37. The Balaban J connectivity index is 2.62. The van der Waals surface area contributed by atoms with Gasteiger partial charge >= 0.3 is 0 Å². The summed E-state index contributed by atoms with van der Waals surface area (Å²) in [6.07, 6.45) is 0. The SMILES string of the molecule is CC1N(I)c2cc(Cl)ccc2C1(C)C. The molecule has 1 aromatic rings. The van der Waals surface area contributed by atoms with E-state index < -0.39 is 0 Å². The summed E-state index contributed by atoms with van der Waals surface area (Å²) in [5, 5.41) is 0.815. The second-order valence-electron chi connectivity index (χ2n) is 4.37. The van der Waals surface area contributed by atoms with E-state index in [0.717, 1.165) is 5.02 Å². The lowest BCUT2D eigenvalue weighted by Gasteiger charge is -2.26. The number of anilines is 1. The second-order valence-corrected chi connectivity index (χ2v) is 5.85. The smallest absolute Gasteiger partial charge is 0.0594 e. The van der Waals surface area contributed by atoms with Crippen LogP contribution in [0.1, 0.15) is 26.3 Å². The Hall–Kier alpha value is 0.0400. The Labute approximate surface area is 104 Å². The third-order valence-corrected chi connectivity index (χ3v) is 4.86. The molecule has 0 bridgehead atoms. The molecule has 0 saturated heterocycles. The molecule has 76 valence electrons. The van der Waals surface area contributed by atoms with Gasteiger partial charge in [-0.2, -0.15) is 0 Å². The lowest BCUT2D eigenvalue weighted by Crippen LogP contribution is -2.33. The topological polar surface area (TPSA) is 3.24 Å². The first-order valence-corrected chi connectivity index (χ1v) is 6.04. The third-order valence-electron chi connectivity index (χ3n) is 3.27.